The average Bonchev–Trinajstić information content (AvgIpc) is 2.55. The molecule has 2 heterocycles. The first-order valence-electron chi connectivity index (χ1n) is 7.35. The van der Waals surface area contributed by atoms with Crippen LogP contribution < -0.4 is 5.32 Å². The molecule has 6 nitrogen and oxygen atoms in total. The number of β-lactam (4-membered cyclic amide) rings is 1. The first-order chi connectivity index (χ1) is 11.4. The van der Waals surface area contributed by atoms with Crippen LogP contribution >= 0.6 is 23.4 Å². The number of nitrogens with one attached hydrogen (secondary N) is 1. The molecule has 8 heteroatoms. The number of hydrogen-bond acceptors (Lipinski definition) is 4. The first-order valence-corrected chi connectivity index (χ1v) is 8.67. The van der Waals surface area contributed by atoms with E-state index in [1.165, 1.54) is 11.8 Å². The highest BCUT2D eigenvalue weighted by Crippen LogP contribution is 2.45. The van der Waals surface area contributed by atoms with Gasteiger partial charge in [0.05, 0.1) is 11.5 Å². The summed E-state index contributed by atoms with van der Waals surface area (Å²) in [6.07, 6.45) is 0.167. The second-order valence-corrected chi connectivity index (χ2v) is 7.46. The Morgan fingerprint density at radius 3 is 2.62 bits per heavy atom. The third kappa shape index (κ3) is 2.89. The van der Waals surface area contributed by atoms with Gasteiger partial charge in [0, 0.05) is 5.25 Å². The van der Waals surface area contributed by atoms with Crippen molar-refractivity contribution in [1.29, 1.82) is 0 Å². The number of carboxylic acid groups (broad SMARTS) is 1. The topological polar surface area (TPSA) is 86.7 Å². The Balaban J connectivity index is 1.71. The van der Waals surface area contributed by atoms with Crippen molar-refractivity contribution in [1.82, 2.24) is 10.2 Å². The molecule has 24 heavy (non-hydrogen) atoms. The van der Waals surface area contributed by atoms with E-state index in [4.69, 9.17) is 11.6 Å². The Kier molecular flexibility index (Phi) is 4.56. The second kappa shape index (κ2) is 6.49. The minimum Gasteiger partial charge on any atom is -0.477 e. The Morgan fingerprint density at radius 1 is 1.33 bits per heavy atom. The van der Waals surface area contributed by atoms with Crippen LogP contribution in [0.2, 0.25) is 0 Å². The van der Waals surface area contributed by atoms with E-state index in [9.17, 15) is 19.5 Å². The number of hydrogen-bond donors (Lipinski definition) is 2. The molecule has 2 N–H and O–H groups in total. The zero-order valence-electron chi connectivity index (χ0n) is 12.7. The number of carbonyl (C=O) groups is 3. The Morgan fingerprint density at radius 2 is 2.00 bits per heavy atom. The molecule has 1 aromatic rings. The van der Waals surface area contributed by atoms with Crippen molar-refractivity contribution in [2.45, 2.75) is 30.0 Å². The molecular weight excluding hydrogens is 352 g/mol. The van der Waals surface area contributed by atoms with Crippen LogP contribution in [-0.2, 0) is 20.8 Å². The molecule has 1 fully saturated rings. The van der Waals surface area contributed by atoms with Crippen LogP contribution in [-0.4, -0.2) is 44.5 Å². The van der Waals surface area contributed by atoms with Gasteiger partial charge in [-0.3, -0.25) is 14.5 Å². The van der Waals surface area contributed by atoms with Crippen molar-refractivity contribution in [3.05, 3.63) is 46.6 Å². The van der Waals surface area contributed by atoms with Gasteiger partial charge >= 0.3 is 5.97 Å². The van der Waals surface area contributed by atoms with Crippen LogP contribution in [0, 0.1) is 0 Å². The van der Waals surface area contributed by atoms with E-state index in [-0.39, 0.29) is 28.3 Å². The van der Waals surface area contributed by atoms with Crippen molar-refractivity contribution < 1.29 is 19.5 Å². The maximum absolute atomic E-state index is 12.3. The van der Waals surface area contributed by atoms with Crippen molar-refractivity contribution >= 4 is 41.1 Å². The minimum absolute atomic E-state index is 0.145. The summed E-state index contributed by atoms with van der Waals surface area (Å²) in [7, 11) is 0. The molecular formula is C16H15ClN2O4S. The van der Waals surface area contributed by atoms with Gasteiger partial charge in [-0.15, -0.1) is 11.8 Å². The molecule has 0 saturated carbocycles. The molecule has 0 aromatic heterocycles. The largest absolute Gasteiger partial charge is 0.477 e. The number of halogens is 1. The van der Waals surface area contributed by atoms with Crippen LogP contribution in [0.5, 0.6) is 0 Å². The van der Waals surface area contributed by atoms with Crippen LogP contribution in [0.25, 0.3) is 0 Å². The van der Waals surface area contributed by atoms with E-state index >= 15 is 0 Å². The number of nitrogens with zero attached hydrogens (tertiary/aromatic N) is 1. The number of carboxylic acids is 1. The van der Waals surface area contributed by atoms with Gasteiger partial charge in [0.1, 0.15) is 17.1 Å². The highest BCUT2D eigenvalue weighted by Gasteiger charge is 2.55. The van der Waals surface area contributed by atoms with Crippen LogP contribution in [0.1, 0.15) is 12.5 Å². The van der Waals surface area contributed by atoms with Crippen LogP contribution in [0.3, 0.4) is 0 Å². The average molecular weight is 367 g/mol. The van der Waals surface area contributed by atoms with Crippen molar-refractivity contribution in [2.24, 2.45) is 0 Å². The summed E-state index contributed by atoms with van der Waals surface area (Å²) in [6.45, 7) is 1.78. The Bertz CT molecular complexity index is 737. The lowest BCUT2D eigenvalue weighted by Gasteiger charge is -2.50. The summed E-state index contributed by atoms with van der Waals surface area (Å²) >= 11 is 7.41. The summed E-state index contributed by atoms with van der Waals surface area (Å²) in [5.41, 5.74) is 0.656. The monoisotopic (exact) mass is 366 g/mol. The highest BCUT2D eigenvalue weighted by molar-refractivity contribution is 8.01. The van der Waals surface area contributed by atoms with Crippen molar-refractivity contribution in [3.63, 3.8) is 0 Å². The van der Waals surface area contributed by atoms with E-state index in [2.05, 4.69) is 5.32 Å². The van der Waals surface area contributed by atoms with Gasteiger partial charge in [-0.1, -0.05) is 41.9 Å². The maximum Gasteiger partial charge on any atom is 0.353 e. The lowest BCUT2D eigenvalue weighted by atomic mass is 10.0. The molecule has 2 aliphatic heterocycles. The van der Waals surface area contributed by atoms with E-state index in [1.807, 2.05) is 30.3 Å². The fourth-order valence-electron chi connectivity index (χ4n) is 2.76. The maximum atomic E-state index is 12.3. The van der Waals surface area contributed by atoms with E-state index in [1.54, 1.807) is 6.92 Å². The van der Waals surface area contributed by atoms with Crippen LogP contribution in [0.15, 0.2) is 41.1 Å². The molecule has 2 amide bonds. The number of amides is 2. The highest BCUT2D eigenvalue weighted by atomic mass is 35.5. The number of aliphatic carboxylic acids is 1. The smallest absolute Gasteiger partial charge is 0.353 e. The second-order valence-electron chi connectivity index (χ2n) is 5.59. The molecule has 3 atom stereocenters. The lowest BCUT2D eigenvalue weighted by molar-refractivity contribution is -0.150. The molecule has 0 aliphatic carbocycles. The molecule has 3 rings (SSSR count). The molecule has 0 bridgehead atoms. The summed E-state index contributed by atoms with van der Waals surface area (Å²) in [4.78, 5) is 37.0. The third-order valence-electron chi connectivity index (χ3n) is 3.94. The quantitative estimate of drug-likeness (QED) is 0.789. The van der Waals surface area contributed by atoms with E-state index in [0.717, 1.165) is 10.5 Å². The van der Waals surface area contributed by atoms with Crippen molar-refractivity contribution in [2.75, 3.05) is 0 Å². The number of fused-ring (bicyclic) bond motifs is 1. The fraction of sp³-hybridized carbons (Fsp3) is 0.312. The standard InChI is InChI=1S/C16H15ClN2O4S/c1-8-11(17)13(16(22)23)19-14(21)12(15(19)24-8)18-10(20)7-9-5-3-2-4-6-9/h2-6,8,12,15H,7H2,1H3,(H,18,20)(H,22,23)/t8?,12?,15-/m1/s1. The van der Waals surface area contributed by atoms with Gasteiger partial charge in [0.15, 0.2) is 0 Å². The van der Waals surface area contributed by atoms with Gasteiger partial charge < -0.3 is 10.4 Å². The lowest BCUT2D eigenvalue weighted by Crippen LogP contribution is -2.71. The summed E-state index contributed by atoms with van der Waals surface area (Å²) < 4.78 is 0. The minimum atomic E-state index is -1.24. The predicted molar refractivity (Wildman–Crippen MR) is 90.3 cm³/mol. The molecule has 1 aromatic carbocycles. The summed E-state index contributed by atoms with van der Waals surface area (Å²) in [5, 5.41) is 11.4. The molecule has 1 saturated heterocycles. The van der Waals surface area contributed by atoms with Gasteiger partial charge in [0.2, 0.25) is 5.91 Å². The molecule has 2 unspecified atom stereocenters. The zero-order chi connectivity index (χ0) is 17.4. The number of rotatable bonds is 4. The number of benzene rings is 1. The first kappa shape index (κ1) is 16.9. The van der Waals surface area contributed by atoms with E-state index < -0.39 is 23.3 Å². The van der Waals surface area contributed by atoms with Gasteiger partial charge in [0.25, 0.3) is 5.91 Å². The third-order valence-corrected chi connectivity index (χ3v) is 5.98. The molecule has 2 aliphatic rings. The molecule has 126 valence electrons. The molecule has 0 spiro atoms. The van der Waals surface area contributed by atoms with Crippen LogP contribution in [0.4, 0.5) is 0 Å². The Hall–Kier alpha value is -1.99. The van der Waals surface area contributed by atoms with E-state index in [0.29, 0.717) is 0 Å². The van der Waals surface area contributed by atoms with Crippen molar-refractivity contribution in [3.8, 4) is 0 Å². The Labute approximate surface area is 147 Å². The SMILES string of the molecule is CC1S[C@@H]2C(NC(=O)Cc3ccccc3)C(=O)N2C(C(=O)O)=C1Cl. The zero-order valence-corrected chi connectivity index (χ0v) is 14.3. The van der Waals surface area contributed by atoms with Gasteiger partial charge in [-0.25, -0.2) is 4.79 Å². The fourth-order valence-corrected chi connectivity index (χ4v) is 4.41. The number of carbonyl (C=O) groups excluding carboxylic acids is 2. The van der Waals surface area contributed by atoms with Gasteiger partial charge in [-0.2, -0.15) is 0 Å². The predicted octanol–water partition coefficient (Wildman–Crippen LogP) is 1.55. The summed E-state index contributed by atoms with van der Waals surface area (Å²) in [6, 6.07) is 8.46. The van der Waals surface area contributed by atoms with Gasteiger partial charge in [-0.05, 0) is 12.5 Å². The normalized spacial score (nSPS) is 25.8. The summed E-state index contributed by atoms with van der Waals surface area (Å²) in [5.74, 6) is -1.96. The number of thioether (sulfide) groups is 1. The molecule has 0 radical (unpaired) electrons.